The summed E-state index contributed by atoms with van der Waals surface area (Å²) in [4.78, 5) is 28.5. The second kappa shape index (κ2) is 7.64. The van der Waals surface area contributed by atoms with E-state index >= 15 is 0 Å². The van der Waals surface area contributed by atoms with Gasteiger partial charge >= 0.3 is 6.18 Å². The van der Waals surface area contributed by atoms with Crippen LogP contribution in [0.1, 0.15) is 27.0 Å². The molecule has 0 atom stereocenters. The first-order valence-corrected chi connectivity index (χ1v) is 8.30. The molecule has 0 aliphatic heterocycles. The number of halogens is 3. The fourth-order valence-electron chi connectivity index (χ4n) is 2.79. The number of hydrogen-bond donors (Lipinski definition) is 1. The van der Waals surface area contributed by atoms with Crippen LogP contribution in [0.3, 0.4) is 0 Å². The Labute approximate surface area is 158 Å². The SMILES string of the molecule is C=CC(=O)NCc1ccc(C(=O)c2ccc(C(F)(F)F)cc2)c2ncccc12. The van der Waals surface area contributed by atoms with Crippen molar-refractivity contribution in [3.05, 3.63) is 89.6 Å². The summed E-state index contributed by atoms with van der Waals surface area (Å²) in [5.74, 6) is -0.763. The number of amides is 1. The maximum atomic E-state index is 12.8. The van der Waals surface area contributed by atoms with E-state index in [0.29, 0.717) is 10.9 Å². The van der Waals surface area contributed by atoms with E-state index in [0.717, 1.165) is 35.9 Å². The number of benzene rings is 2. The molecule has 3 rings (SSSR count). The third-order valence-electron chi connectivity index (χ3n) is 4.22. The molecule has 0 bridgehead atoms. The predicted molar refractivity (Wildman–Crippen MR) is 98.7 cm³/mol. The third kappa shape index (κ3) is 3.93. The fourth-order valence-corrected chi connectivity index (χ4v) is 2.79. The maximum Gasteiger partial charge on any atom is 0.416 e. The van der Waals surface area contributed by atoms with E-state index in [1.807, 2.05) is 0 Å². The van der Waals surface area contributed by atoms with Gasteiger partial charge < -0.3 is 5.32 Å². The summed E-state index contributed by atoms with van der Waals surface area (Å²) >= 11 is 0. The topological polar surface area (TPSA) is 59.1 Å². The minimum atomic E-state index is -4.46. The van der Waals surface area contributed by atoms with Crippen molar-refractivity contribution >= 4 is 22.6 Å². The van der Waals surface area contributed by atoms with Crippen LogP contribution in [0.25, 0.3) is 10.9 Å². The van der Waals surface area contributed by atoms with Crippen LogP contribution in [-0.2, 0) is 17.5 Å². The van der Waals surface area contributed by atoms with Gasteiger partial charge in [-0.3, -0.25) is 14.6 Å². The van der Waals surface area contributed by atoms with Crippen molar-refractivity contribution in [2.45, 2.75) is 12.7 Å². The Kier molecular flexibility index (Phi) is 5.26. The summed E-state index contributed by atoms with van der Waals surface area (Å²) in [7, 11) is 0. The number of nitrogens with one attached hydrogen (secondary N) is 1. The molecule has 0 aliphatic carbocycles. The van der Waals surface area contributed by atoms with Crippen molar-refractivity contribution in [2.75, 3.05) is 0 Å². The molecule has 0 spiro atoms. The van der Waals surface area contributed by atoms with Crippen LogP contribution < -0.4 is 5.32 Å². The van der Waals surface area contributed by atoms with Crippen LogP contribution in [0, 0.1) is 0 Å². The van der Waals surface area contributed by atoms with Gasteiger partial charge in [0, 0.05) is 29.3 Å². The lowest BCUT2D eigenvalue weighted by Gasteiger charge is -2.11. The van der Waals surface area contributed by atoms with E-state index in [4.69, 9.17) is 0 Å². The normalized spacial score (nSPS) is 11.2. The average Bonchev–Trinajstić information content (AvgIpc) is 2.70. The van der Waals surface area contributed by atoms with Crippen molar-refractivity contribution in [3.8, 4) is 0 Å². The lowest BCUT2D eigenvalue weighted by atomic mass is 9.97. The molecule has 0 aliphatic rings. The maximum absolute atomic E-state index is 12.8. The van der Waals surface area contributed by atoms with E-state index < -0.39 is 17.5 Å². The molecule has 0 unspecified atom stereocenters. The zero-order valence-corrected chi connectivity index (χ0v) is 14.6. The Morgan fingerprint density at radius 2 is 1.79 bits per heavy atom. The number of ketones is 1. The number of nitrogens with zero attached hydrogens (tertiary/aromatic N) is 1. The predicted octanol–water partition coefficient (Wildman–Crippen LogP) is 4.29. The van der Waals surface area contributed by atoms with Crippen LogP contribution in [0.2, 0.25) is 0 Å². The number of hydrogen-bond acceptors (Lipinski definition) is 3. The van der Waals surface area contributed by atoms with Gasteiger partial charge in [0.05, 0.1) is 11.1 Å². The summed E-state index contributed by atoms with van der Waals surface area (Å²) in [5, 5.41) is 3.34. The standard InChI is InChI=1S/C21H15F3N2O2/c1-2-18(27)26-12-14-7-10-17(19-16(14)4-3-11-25-19)20(28)13-5-8-15(9-6-13)21(22,23)24/h2-11H,1,12H2,(H,26,27). The Bertz CT molecular complexity index is 1060. The first kappa shape index (κ1) is 19.3. The Balaban J connectivity index is 1.98. The highest BCUT2D eigenvalue weighted by molar-refractivity contribution is 6.15. The minimum Gasteiger partial charge on any atom is -0.348 e. The zero-order valence-electron chi connectivity index (χ0n) is 14.6. The van der Waals surface area contributed by atoms with E-state index in [9.17, 15) is 22.8 Å². The highest BCUT2D eigenvalue weighted by Crippen LogP contribution is 2.30. The second-order valence-corrected chi connectivity index (χ2v) is 6.00. The van der Waals surface area contributed by atoms with Crippen molar-refractivity contribution in [1.82, 2.24) is 10.3 Å². The lowest BCUT2D eigenvalue weighted by Crippen LogP contribution is -2.20. The number of fused-ring (bicyclic) bond motifs is 1. The van der Waals surface area contributed by atoms with Crippen LogP contribution >= 0.6 is 0 Å². The van der Waals surface area contributed by atoms with Gasteiger partial charge in [0.1, 0.15) is 0 Å². The summed E-state index contributed by atoms with van der Waals surface area (Å²) in [6.45, 7) is 3.61. The highest BCUT2D eigenvalue weighted by atomic mass is 19.4. The van der Waals surface area contributed by atoms with Gasteiger partial charge in [-0.25, -0.2) is 0 Å². The van der Waals surface area contributed by atoms with Crippen LogP contribution in [0.15, 0.2) is 67.4 Å². The molecule has 1 amide bonds. The van der Waals surface area contributed by atoms with Gasteiger partial charge in [0.15, 0.2) is 5.78 Å². The van der Waals surface area contributed by atoms with E-state index in [2.05, 4.69) is 16.9 Å². The summed E-state index contributed by atoms with van der Waals surface area (Å²) in [6.07, 6.45) is -1.78. The number of alkyl halides is 3. The largest absolute Gasteiger partial charge is 0.416 e. The molecular weight excluding hydrogens is 369 g/mol. The van der Waals surface area contributed by atoms with Crippen molar-refractivity contribution < 1.29 is 22.8 Å². The monoisotopic (exact) mass is 384 g/mol. The first-order chi connectivity index (χ1) is 13.3. The van der Waals surface area contributed by atoms with Gasteiger partial charge in [0.25, 0.3) is 0 Å². The van der Waals surface area contributed by atoms with Gasteiger partial charge in [-0.2, -0.15) is 13.2 Å². The summed E-state index contributed by atoms with van der Waals surface area (Å²) in [6, 6.07) is 10.8. The molecule has 0 fully saturated rings. The molecule has 0 radical (unpaired) electrons. The van der Waals surface area contributed by atoms with Gasteiger partial charge in [-0.05, 0) is 35.9 Å². The molecule has 3 aromatic rings. The summed E-state index contributed by atoms with van der Waals surface area (Å²) in [5.41, 5.74) is 0.752. The molecule has 28 heavy (non-hydrogen) atoms. The Morgan fingerprint density at radius 1 is 1.07 bits per heavy atom. The van der Waals surface area contributed by atoms with Crippen LogP contribution in [0.5, 0.6) is 0 Å². The molecular formula is C21H15F3N2O2. The quantitative estimate of drug-likeness (QED) is 0.527. The fraction of sp³-hybridized carbons (Fsp3) is 0.0952. The summed E-state index contributed by atoms with van der Waals surface area (Å²) < 4.78 is 38.2. The average molecular weight is 384 g/mol. The minimum absolute atomic E-state index is 0.132. The Morgan fingerprint density at radius 3 is 2.43 bits per heavy atom. The van der Waals surface area contributed by atoms with Crippen molar-refractivity contribution in [3.63, 3.8) is 0 Å². The van der Waals surface area contributed by atoms with E-state index in [1.54, 1.807) is 24.3 Å². The van der Waals surface area contributed by atoms with Gasteiger partial charge in [-0.1, -0.05) is 30.8 Å². The molecule has 7 heteroatoms. The number of carbonyl (C=O) groups excluding carboxylic acids is 2. The van der Waals surface area contributed by atoms with E-state index in [1.165, 1.54) is 6.20 Å². The number of carbonyl (C=O) groups is 2. The molecule has 142 valence electrons. The molecule has 1 N–H and O–H groups in total. The van der Waals surface area contributed by atoms with Crippen LogP contribution in [0.4, 0.5) is 13.2 Å². The first-order valence-electron chi connectivity index (χ1n) is 8.30. The number of aromatic nitrogens is 1. The molecule has 0 saturated heterocycles. The highest BCUT2D eigenvalue weighted by Gasteiger charge is 2.30. The molecule has 1 heterocycles. The lowest BCUT2D eigenvalue weighted by molar-refractivity contribution is -0.137. The van der Waals surface area contributed by atoms with Gasteiger partial charge in [-0.15, -0.1) is 0 Å². The van der Waals surface area contributed by atoms with Crippen LogP contribution in [-0.4, -0.2) is 16.7 Å². The smallest absolute Gasteiger partial charge is 0.348 e. The third-order valence-corrected chi connectivity index (χ3v) is 4.22. The molecule has 2 aromatic carbocycles. The van der Waals surface area contributed by atoms with Crippen molar-refractivity contribution in [1.29, 1.82) is 0 Å². The Hall–Kier alpha value is -3.48. The zero-order chi connectivity index (χ0) is 20.3. The molecule has 0 saturated carbocycles. The van der Waals surface area contributed by atoms with Crippen molar-refractivity contribution in [2.24, 2.45) is 0 Å². The molecule has 1 aromatic heterocycles. The number of rotatable bonds is 5. The molecule has 4 nitrogen and oxygen atoms in total. The second-order valence-electron chi connectivity index (χ2n) is 6.00. The van der Waals surface area contributed by atoms with Gasteiger partial charge in [0.2, 0.25) is 5.91 Å². The van der Waals surface area contributed by atoms with E-state index in [-0.39, 0.29) is 23.6 Å². The number of pyridine rings is 1.